The summed E-state index contributed by atoms with van der Waals surface area (Å²) in [4.78, 5) is 19.7. The van der Waals surface area contributed by atoms with Crippen molar-refractivity contribution in [2.75, 3.05) is 0 Å². The van der Waals surface area contributed by atoms with Crippen LogP contribution in [-0.4, -0.2) is 44.9 Å². The second-order valence-corrected chi connectivity index (χ2v) is 7.46. The van der Waals surface area contributed by atoms with Crippen LogP contribution in [-0.2, 0) is 19.0 Å². The van der Waals surface area contributed by atoms with Gasteiger partial charge in [0.05, 0.1) is 5.39 Å². The van der Waals surface area contributed by atoms with Crippen molar-refractivity contribution in [1.82, 2.24) is 14.5 Å². The lowest BCUT2D eigenvalue weighted by molar-refractivity contribution is -0.194. The fourth-order valence-corrected chi connectivity index (χ4v) is 4.33. The summed E-state index contributed by atoms with van der Waals surface area (Å²) in [6, 6.07) is 0. The van der Waals surface area contributed by atoms with Crippen LogP contribution in [0.4, 0.5) is 0 Å². The fourth-order valence-electron chi connectivity index (χ4n) is 3.14. The Morgan fingerprint density at radius 3 is 2.83 bits per heavy atom. The van der Waals surface area contributed by atoms with Gasteiger partial charge >= 0.3 is 0 Å². The van der Waals surface area contributed by atoms with Crippen LogP contribution in [0.5, 0.6) is 0 Å². The number of carbonyl (C=O) groups is 1. The molecule has 2 aliphatic rings. The monoisotopic (exact) mass is 449 g/mol. The second kappa shape index (κ2) is 5.35. The van der Waals surface area contributed by atoms with Gasteiger partial charge in [0.1, 0.15) is 35.4 Å². The topological polar surface area (TPSA) is 75.5 Å². The van der Waals surface area contributed by atoms with E-state index in [0.717, 1.165) is 15.2 Å². The molecule has 0 radical (unpaired) electrons. The third-order valence-corrected chi connectivity index (χ3v) is 5.09. The smallest absolute Gasteiger partial charge is 0.165 e. The predicted molar refractivity (Wildman–Crippen MR) is 89.1 cm³/mol. The summed E-state index contributed by atoms with van der Waals surface area (Å²) >= 11 is 8.34. The highest BCUT2D eigenvalue weighted by atomic mass is 127. The molecule has 0 aliphatic carbocycles. The van der Waals surface area contributed by atoms with Crippen molar-refractivity contribution in [3.8, 4) is 0 Å². The first-order valence-electron chi connectivity index (χ1n) is 7.04. The number of fused-ring (bicyclic) bond motifs is 2. The standard InChI is InChI=1S/C14H13ClIN3O4/c1-14(2)22-9-7(4-20)21-13(10(9)23-14)19-3-6(16)8-11(15)17-5-18-12(8)19/h3-5,7,9-10,13H,1-2H3/t7-,9-,10-,13-/m1/s1. The molecule has 0 aromatic carbocycles. The van der Waals surface area contributed by atoms with Gasteiger partial charge in [0.25, 0.3) is 0 Å². The summed E-state index contributed by atoms with van der Waals surface area (Å²) in [5.74, 6) is -0.763. The molecule has 7 nitrogen and oxygen atoms in total. The van der Waals surface area contributed by atoms with Gasteiger partial charge in [-0.3, -0.25) is 0 Å². The average molecular weight is 450 g/mol. The van der Waals surface area contributed by atoms with Gasteiger partial charge in [0.15, 0.2) is 18.3 Å². The first-order chi connectivity index (χ1) is 10.9. The number of aromatic nitrogens is 3. The molecular weight excluding hydrogens is 437 g/mol. The number of hydrogen-bond donors (Lipinski definition) is 0. The second-order valence-electron chi connectivity index (χ2n) is 5.94. The SMILES string of the molecule is CC1(C)O[C@@H]2[C@H](O1)[C@@H](C=O)O[C@H]2n1cc(I)c2c(Cl)ncnc21. The maximum absolute atomic E-state index is 11.3. The van der Waals surface area contributed by atoms with Crippen LogP contribution in [0.15, 0.2) is 12.5 Å². The third kappa shape index (κ3) is 2.39. The van der Waals surface area contributed by atoms with Crippen molar-refractivity contribution in [2.45, 2.75) is 44.2 Å². The Labute approximate surface area is 150 Å². The van der Waals surface area contributed by atoms with Crippen LogP contribution >= 0.6 is 34.2 Å². The third-order valence-electron chi connectivity index (χ3n) is 3.99. The van der Waals surface area contributed by atoms with Crippen LogP contribution in [0.1, 0.15) is 20.1 Å². The van der Waals surface area contributed by atoms with Gasteiger partial charge in [0.2, 0.25) is 0 Å². The van der Waals surface area contributed by atoms with Gasteiger partial charge in [-0.2, -0.15) is 0 Å². The maximum atomic E-state index is 11.3. The zero-order chi connectivity index (χ0) is 16.4. The van der Waals surface area contributed by atoms with E-state index in [9.17, 15) is 4.79 Å². The summed E-state index contributed by atoms with van der Waals surface area (Å²) in [5.41, 5.74) is 0.637. The van der Waals surface area contributed by atoms with Gasteiger partial charge in [-0.05, 0) is 36.4 Å². The largest absolute Gasteiger partial charge is 0.342 e. The lowest BCUT2D eigenvalue weighted by Crippen LogP contribution is -2.30. The first kappa shape index (κ1) is 15.7. The van der Waals surface area contributed by atoms with Crippen molar-refractivity contribution in [2.24, 2.45) is 0 Å². The number of nitrogens with zero attached hydrogens (tertiary/aromatic N) is 3. The summed E-state index contributed by atoms with van der Waals surface area (Å²) < 4.78 is 20.4. The molecule has 0 unspecified atom stereocenters. The molecule has 4 rings (SSSR count). The Kier molecular flexibility index (Phi) is 3.65. The van der Waals surface area contributed by atoms with E-state index >= 15 is 0 Å². The van der Waals surface area contributed by atoms with Gasteiger partial charge < -0.3 is 23.6 Å². The molecule has 2 fully saturated rings. The van der Waals surface area contributed by atoms with Crippen molar-refractivity contribution >= 4 is 51.5 Å². The molecule has 0 bridgehead atoms. The van der Waals surface area contributed by atoms with Crippen LogP contribution < -0.4 is 0 Å². The lowest BCUT2D eigenvalue weighted by Gasteiger charge is -2.23. The molecule has 122 valence electrons. The van der Waals surface area contributed by atoms with Crippen LogP contribution in [0.25, 0.3) is 11.0 Å². The highest BCUT2D eigenvalue weighted by molar-refractivity contribution is 14.1. The van der Waals surface area contributed by atoms with E-state index in [-0.39, 0.29) is 0 Å². The molecule has 2 saturated heterocycles. The summed E-state index contributed by atoms with van der Waals surface area (Å²) in [7, 11) is 0. The molecule has 9 heteroatoms. The van der Waals surface area contributed by atoms with Gasteiger partial charge in [-0.25, -0.2) is 9.97 Å². The number of aldehydes is 1. The Bertz CT molecular complexity index is 796. The van der Waals surface area contributed by atoms with E-state index in [0.29, 0.717) is 10.8 Å². The van der Waals surface area contributed by atoms with Gasteiger partial charge in [0, 0.05) is 9.77 Å². The number of halogens is 2. The molecular formula is C14H13ClIN3O4. The molecule has 4 heterocycles. The Balaban J connectivity index is 1.82. The fraction of sp³-hybridized carbons (Fsp3) is 0.500. The molecule has 2 aromatic heterocycles. The van der Waals surface area contributed by atoms with E-state index in [2.05, 4.69) is 32.6 Å². The van der Waals surface area contributed by atoms with E-state index in [1.807, 2.05) is 24.6 Å². The summed E-state index contributed by atoms with van der Waals surface area (Å²) in [5, 5.41) is 1.13. The zero-order valence-electron chi connectivity index (χ0n) is 12.3. The van der Waals surface area contributed by atoms with Crippen molar-refractivity contribution in [1.29, 1.82) is 0 Å². The minimum Gasteiger partial charge on any atom is -0.342 e. The first-order valence-corrected chi connectivity index (χ1v) is 8.50. The van der Waals surface area contributed by atoms with E-state index in [4.69, 9.17) is 25.8 Å². The van der Waals surface area contributed by atoms with E-state index in [1.54, 1.807) is 0 Å². The van der Waals surface area contributed by atoms with E-state index < -0.39 is 30.3 Å². The van der Waals surface area contributed by atoms with Crippen molar-refractivity contribution in [3.05, 3.63) is 21.2 Å². The van der Waals surface area contributed by atoms with Crippen molar-refractivity contribution < 1.29 is 19.0 Å². The minimum absolute atomic E-state index is 0.378. The number of ether oxygens (including phenoxy) is 3. The van der Waals surface area contributed by atoms with Crippen LogP contribution in [0.2, 0.25) is 5.15 Å². The Morgan fingerprint density at radius 1 is 1.35 bits per heavy atom. The van der Waals surface area contributed by atoms with Crippen molar-refractivity contribution in [3.63, 3.8) is 0 Å². The molecule has 0 N–H and O–H groups in total. The van der Waals surface area contributed by atoms with Gasteiger partial charge in [-0.1, -0.05) is 11.6 Å². The average Bonchev–Trinajstić information content (AvgIpc) is 3.08. The maximum Gasteiger partial charge on any atom is 0.165 e. The Hall–Kier alpha value is -0.810. The summed E-state index contributed by atoms with van der Waals surface area (Å²) in [6.07, 6.45) is 1.97. The minimum atomic E-state index is -0.763. The van der Waals surface area contributed by atoms with Crippen LogP contribution in [0, 0.1) is 3.57 Å². The normalized spacial score (nSPS) is 32.3. The molecule has 4 atom stereocenters. The highest BCUT2D eigenvalue weighted by Gasteiger charge is 2.56. The highest BCUT2D eigenvalue weighted by Crippen LogP contribution is 2.44. The lowest BCUT2D eigenvalue weighted by atomic mass is 10.1. The number of carbonyl (C=O) groups excluding carboxylic acids is 1. The predicted octanol–water partition coefficient (Wildman–Crippen LogP) is 2.31. The molecule has 2 aromatic rings. The number of rotatable bonds is 2. The zero-order valence-corrected chi connectivity index (χ0v) is 15.2. The van der Waals surface area contributed by atoms with E-state index in [1.165, 1.54) is 6.33 Å². The van der Waals surface area contributed by atoms with Crippen LogP contribution in [0.3, 0.4) is 0 Å². The molecule has 0 saturated carbocycles. The Morgan fingerprint density at radius 2 is 2.09 bits per heavy atom. The number of hydrogen-bond acceptors (Lipinski definition) is 6. The van der Waals surface area contributed by atoms with Gasteiger partial charge in [-0.15, -0.1) is 0 Å². The molecule has 0 spiro atoms. The molecule has 23 heavy (non-hydrogen) atoms. The molecule has 0 amide bonds. The summed E-state index contributed by atoms with van der Waals surface area (Å²) in [6.45, 7) is 3.64. The molecule has 2 aliphatic heterocycles. The quantitative estimate of drug-likeness (QED) is 0.398.